The van der Waals surface area contributed by atoms with Crippen LogP contribution in [0.1, 0.15) is 5.56 Å². The van der Waals surface area contributed by atoms with Gasteiger partial charge in [0.2, 0.25) is 0 Å². The fourth-order valence-corrected chi connectivity index (χ4v) is 0.601. The summed E-state index contributed by atoms with van der Waals surface area (Å²) in [5.41, 5.74) is 1.19. The van der Waals surface area contributed by atoms with Crippen molar-refractivity contribution in [1.29, 1.82) is 0 Å². The van der Waals surface area contributed by atoms with Gasteiger partial charge < -0.3 is 0 Å². The van der Waals surface area contributed by atoms with Crippen molar-refractivity contribution in [1.82, 2.24) is 0 Å². The molecule has 0 saturated carbocycles. The van der Waals surface area contributed by atoms with Gasteiger partial charge in [-0.3, -0.25) is 0 Å². The zero-order chi connectivity index (χ0) is 5.98. The maximum absolute atomic E-state index is 5.56. The number of halogens is 1. The number of rotatable bonds is 0. The topological polar surface area (TPSA) is 0 Å². The Labute approximate surface area is 85.5 Å². The molecule has 0 nitrogen and oxygen atoms in total. The number of hydrogen-bond donors (Lipinski definition) is 0. The molecule has 1 aromatic rings. The Kier molecular flexibility index (Phi) is 4.74. The molecule has 0 unspecified atom stereocenters. The average Bonchev–Trinajstić information content (AvgIpc) is 1.77. The van der Waals surface area contributed by atoms with Crippen molar-refractivity contribution in [3.8, 4) is 0 Å². The number of hydrogen-bond acceptors (Lipinski definition) is 0. The van der Waals surface area contributed by atoms with Crippen LogP contribution in [0.2, 0.25) is 5.02 Å². The summed E-state index contributed by atoms with van der Waals surface area (Å²) in [6, 6.07) is 8.52. The van der Waals surface area contributed by atoms with E-state index in [-0.39, 0.29) is 32.7 Å². The quantitative estimate of drug-likeness (QED) is 0.582. The van der Waals surface area contributed by atoms with Crippen LogP contribution in [-0.4, -0.2) is 0 Å². The van der Waals surface area contributed by atoms with Gasteiger partial charge in [0, 0.05) is 32.7 Å². The van der Waals surface area contributed by atoms with E-state index in [1.54, 1.807) is 0 Å². The van der Waals surface area contributed by atoms with Gasteiger partial charge in [-0.25, -0.2) is 0 Å². The molecular formula is C7H6ClY-. The average molecular weight is 214 g/mol. The molecule has 0 aliphatic rings. The zero-order valence-corrected chi connectivity index (χ0v) is 8.78. The summed E-state index contributed by atoms with van der Waals surface area (Å²) in [5, 5.41) is 0.676. The van der Waals surface area contributed by atoms with Crippen LogP contribution >= 0.6 is 11.6 Å². The van der Waals surface area contributed by atoms with Gasteiger partial charge in [-0.1, -0.05) is 11.9 Å². The molecule has 0 aromatic heterocycles. The second-order valence-electron chi connectivity index (χ2n) is 1.71. The van der Waals surface area contributed by atoms with Gasteiger partial charge in [-0.05, 0) is 0 Å². The van der Waals surface area contributed by atoms with E-state index in [0.717, 1.165) is 0 Å². The molecule has 45 valence electrons. The predicted molar refractivity (Wildman–Crippen MR) is 35.0 cm³/mol. The minimum Gasteiger partial charge on any atom is -0.173 e. The molecule has 2 heteroatoms. The molecule has 0 aliphatic carbocycles. The van der Waals surface area contributed by atoms with Crippen LogP contribution in [0.25, 0.3) is 0 Å². The van der Waals surface area contributed by atoms with Crippen molar-refractivity contribution in [2.45, 2.75) is 6.92 Å². The van der Waals surface area contributed by atoms with Crippen LogP contribution < -0.4 is 0 Å². The first-order chi connectivity index (χ1) is 3.79. The van der Waals surface area contributed by atoms with Crippen LogP contribution in [0.3, 0.4) is 0 Å². The van der Waals surface area contributed by atoms with E-state index in [1.165, 1.54) is 5.56 Å². The van der Waals surface area contributed by atoms with Gasteiger partial charge in [0.25, 0.3) is 0 Å². The smallest absolute Gasteiger partial charge is 0 e. The monoisotopic (exact) mass is 214 g/mol. The first-order valence-corrected chi connectivity index (χ1v) is 2.80. The van der Waals surface area contributed by atoms with Crippen LogP contribution in [0, 0.1) is 13.0 Å². The summed E-state index contributed by atoms with van der Waals surface area (Å²) < 4.78 is 0. The van der Waals surface area contributed by atoms with Gasteiger partial charge >= 0.3 is 0 Å². The maximum Gasteiger partial charge on any atom is 0 e. The molecule has 1 rings (SSSR count). The Bertz CT molecular complexity index is 148. The molecule has 0 bridgehead atoms. The minimum absolute atomic E-state index is 0. The molecule has 0 N–H and O–H groups in total. The number of benzene rings is 1. The number of aryl methyl sites for hydroxylation is 1. The van der Waals surface area contributed by atoms with Crippen molar-refractivity contribution in [3.05, 3.63) is 34.9 Å². The molecule has 1 radical (unpaired) electrons. The van der Waals surface area contributed by atoms with Crippen molar-refractivity contribution in [3.63, 3.8) is 0 Å². The standard InChI is InChI=1S/C7H6Cl.Y/c1-6-2-4-7(8)5-3-6;/h2-4H,1H3;/q-1;. The molecule has 0 aliphatic heterocycles. The van der Waals surface area contributed by atoms with Crippen LogP contribution in [0.5, 0.6) is 0 Å². The predicted octanol–water partition coefficient (Wildman–Crippen LogP) is 2.45. The molecule has 0 heterocycles. The SMILES string of the molecule is Cc1c[c-]c(Cl)cc1.[Y]. The van der Waals surface area contributed by atoms with Crippen molar-refractivity contribution >= 4 is 11.6 Å². The van der Waals surface area contributed by atoms with Gasteiger partial charge in [0.15, 0.2) is 0 Å². The van der Waals surface area contributed by atoms with Gasteiger partial charge in [0.1, 0.15) is 0 Å². The van der Waals surface area contributed by atoms with E-state index < -0.39 is 0 Å². The van der Waals surface area contributed by atoms with E-state index in [1.807, 2.05) is 25.1 Å². The first kappa shape index (κ1) is 9.61. The normalized spacial score (nSPS) is 8.22. The third-order valence-corrected chi connectivity index (χ3v) is 1.17. The zero-order valence-electron chi connectivity index (χ0n) is 5.19. The fourth-order valence-electron chi connectivity index (χ4n) is 0.484. The summed E-state index contributed by atoms with van der Waals surface area (Å²) in [4.78, 5) is 0. The summed E-state index contributed by atoms with van der Waals surface area (Å²) in [6.07, 6.45) is 0. The Morgan fingerprint density at radius 2 is 2.11 bits per heavy atom. The third kappa shape index (κ3) is 3.34. The van der Waals surface area contributed by atoms with Crippen LogP contribution in [0.15, 0.2) is 18.2 Å². The summed E-state index contributed by atoms with van der Waals surface area (Å²) in [7, 11) is 0. The van der Waals surface area contributed by atoms with E-state index in [2.05, 4.69) is 6.07 Å². The third-order valence-electron chi connectivity index (χ3n) is 0.930. The summed E-state index contributed by atoms with van der Waals surface area (Å²) in [5.74, 6) is 0. The fraction of sp³-hybridized carbons (Fsp3) is 0.143. The minimum atomic E-state index is 0. The first-order valence-electron chi connectivity index (χ1n) is 2.43. The Hall–Kier alpha value is 0.614. The summed E-state index contributed by atoms with van der Waals surface area (Å²) >= 11 is 5.56. The van der Waals surface area contributed by atoms with Crippen molar-refractivity contribution < 1.29 is 32.7 Å². The van der Waals surface area contributed by atoms with E-state index >= 15 is 0 Å². The van der Waals surface area contributed by atoms with Crippen LogP contribution in [0.4, 0.5) is 0 Å². The Balaban J connectivity index is 0.000000640. The second-order valence-corrected chi connectivity index (χ2v) is 2.12. The van der Waals surface area contributed by atoms with E-state index in [9.17, 15) is 0 Å². The summed E-state index contributed by atoms with van der Waals surface area (Å²) in [6.45, 7) is 2.01. The maximum atomic E-state index is 5.56. The van der Waals surface area contributed by atoms with E-state index in [0.29, 0.717) is 5.02 Å². The van der Waals surface area contributed by atoms with Gasteiger partial charge in [0.05, 0.1) is 0 Å². The Morgan fingerprint density at radius 1 is 1.44 bits per heavy atom. The molecule has 0 spiro atoms. The molecule has 0 saturated heterocycles. The van der Waals surface area contributed by atoms with Gasteiger partial charge in [-0.15, -0.1) is 11.6 Å². The van der Waals surface area contributed by atoms with Crippen molar-refractivity contribution in [2.75, 3.05) is 0 Å². The van der Waals surface area contributed by atoms with E-state index in [4.69, 9.17) is 11.6 Å². The Morgan fingerprint density at radius 3 is 2.44 bits per heavy atom. The van der Waals surface area contributed by atoms with Crippen molar-refractivity contribution in [2.24, 2.45) is 0 Å². The largest absolute Gasteiger partial charge is 0.173 e. The molecule has 0 atom stereocenters. The molecular weight excluding hydrogens is 208 g/mol. The molecule has 0 fully saturated rings. The molecule has 0 amide bonds. The molecule has 1 aromatic carbocycles. The molecule has 9 heavy (non-hydrogen) atoms. The second kappa shape index (κ2) is 4.43. The van der Waals surface area contributed by atoms with Gasteiger partial charge in [-0.2, -0.15) is 29.8 Å². The van der Waals surface area contributed by atoms with Crippen LogP contribution in [-0.2, 0) is 32.7 Å².